The number of piperidine rings is 1. The molecule has 0 radical (unpaired) electrons. The van der Waals surface area contributed by atoms with Crippen LogP contribution in [0, 0.1) is 10.1 Å². The van der Waals surface area contributed by atoms with Crippen LogP contribution in [0.5, 0.6) is 0 Å². The first-order valence-electron chi connectivity index (χ1n) is 6.91. The molecule has 2 atom stereocenters. The largest absolute Gasteiger partial charge is 0.327 e. The van der Waals surface area contributed by atoms with Gasteiger partial charge in [0.05, 0.1) is 9.40 Å². The van der Waals surface area contributed by atoms with Crippen molar-refractivity contribution in [2.75, 3.05) is 6.54 Å². The highest BCUT2D eigenvalue weighted by Crippen LogP contribution is 2.28. The summed E-state index contributed by atoms with van der Waals surface area (Å²) < 4.78 is 0.522. The van der Waals surface area contributed by atoms with Gasteiger partial charge in [-0.05, 0) is 53.9 Å². The zero-order valence-electron chi connectivity index (χ0n) is 12.0. The Hall–Kier alpha value is -0.690. The van der Waals surface area contributed by atoms with Crippen LogP contribution in [0.15, 0.2) is 22.7 Å². The Morgan fingerprint density at radius 2 is 2.24 bits per heavy atom. The number of likely N-dealkylation sites (tertiary alicyclic amines) is 1. The Morgan fingerprint density at radius 1 is 1.52 bits per heavy atom. The summed E-state index contributed by atoms with van der Waals surface area (Å²) in [5.74, 6) is 0. The molecule has 1 aliphatic rings. The van der Waals surface area contributed by atoms with Gasteiger partial charge in [0.1, 0.15) is 0 Å². The molecule has 1 heterocycles. The van der Waals surface area contributed by atoms with Crippen molar-refractivity contribution in [3.63, 3.8) is 0 Å². The Balaban J connectivity index is 0.00000220. The summed E-state index contributed by atoms with van der Waals surface area (Å²) >= 11 is 3.22. The van der Waals surface area contributed by atoms with Gasteiger partial charge in [-0.1, -0.05) is 12.5 Å². The summed E-state index contributed by atoms with van der Waals surface area (Å²) in [6, 6.07) is 5.83. The van der Waals surface area contributed by atoms with Crippen LogP contribution in [0.3, 0.4) is 0 Å². The molecule has 2 unspecified atom stereocenters. The zero-order valence-corrected chi connectivity index (χ0v) is 14.4. The maximum absolute atomic E-state index is 11.0. The second kappa shape index (κ2) is 8.08. The van der Waals surface area contributed by atoms with Gasteiger partial charge in [0.15, 0.2) is 0 Å². The Labute approximate surface area is 139 Å². The highest BCUT2D eigenvalue weighted by atomic mass is 79.9. The molecule has 21 heavy (non-hydrogen) atoms. The highest BCUT2D eigenvalue weighted by molar-refractivity contribution is 9.10. The van der Waals surface area contributed by atoms with Crippen molar-refractivity contribution in [2.24, 2.45) is 5.73 Å². The molecule has 0 saturated carbocycles. The van der Waals surface area contributed by atoms with Crippen LogP contribution in [-0.2, 0) is 6.54 Å². The second-order valence-corrected chi connectivity index (χ2v) is 6.29. The predicted molar refractivity (Wildman–Crippen MR) is 89.7 cm³/mol. The average Bonchev–Trinajstić information content (AvgIpc) is 2.41. The lowest BCUT2D eigenvalue weighted by atomic mass is 9.96. The van der Waals surface area contributed by atoms with Crippen molar-refractivity contribution >= 4 is 34.0 Å². The van der Waals surface area contributed by atoms with Crippen LogP contribution >= 0.6 is 28.3 Å². The molecule has 1 saturated heterocycles. The van der Waals surface area contributed by atoms with Gasteiger partial charge in [-0.2, -0.15) is 0 Å². The van der Waals surface area contributed by atoms with Gasteiger partial charge in [-0.25, -0.2) is 0 Å². The molecule has 0 aromatic heterocycles. The normalized spacial score (nSPS) is 20.6. The molecule has 0 bridgehead atoms. The van der Waals surface area contributed by atoms with Crippen molar-refractivity contribution in [1.29, 1.82) is 0 Å². The molecule has 7 heteroatoms. The molecule has 0 spiro atoms. The number of hydrogen-bond donors (Lipinski definition) is 1. The Kier molecular flexibility index (Phi) is 7.06. The SMILES string of the molecule is CC(N)C1CCCCN1Cc1ccc(Br)c([N+](=O)[O-])c1.Cl. The summed E-state index contributed by atoms with van der Waals surface area (Å²) in [4.78, 5) is 13.0. The molecule has 1 aromatic carbocycles. The van der Waals surface area contributed by atoms with E-state index in [1.165, 1.54) is 12.8 Å². The average molecular weight is 379 g/mol. The summed E-state index contributed by atoms with van der Waals surface area (Å²) in [5, 5.41) is 11.0. The lowest BCUT2D eigenvalue weighted by Crippen LogP contribution is -2.48. The van der Waals surface area contributed by atoms with E-state index in [1.807, 2.05) is 13.0 Å². The van der Waals surface area contributed by atoms with Gasteiger partial charge in [-0.3, -0.25) is 15.0 Å². The van der Waals surface area contributed by atoms with Gasteiger partial charge in [0.25, 0.3) is 5.69 Å². The first kappa shape index (κ1) is 18.4. The lowest BCUT2D eigenvalue weighted by molar-refractivity contribution is -0.385. The summed E-state index contributed by atoms with van der Waals surface area (Å²) in [6.07, 6.45) is 3.49. The number of nitrogens with zero attached hydrogens (tertiary/aromatic N) is 2. The topological polar surface area (TPSA) is 72.4 Å². The van der Waals surface area contributed by atoms with Crippen molar-refractivity contribution in [1.82, 2.24) is 4.90 Å². The number of nitro groups is 1. The third-order valence-corrected chi connectivity index (χ3v) is 4.53. The fraction of sp³-hybridized carbons (Fsp3) is 0.571. The van der Waals surface area contributed by atoms with E-state index in [0.717, 1.165) is 25.1 Å². The maximum atomic E-state index is 11.0. The number of rotatable bonds is 4. The van der Waals surface area contributed by atoms with E-state index in [0.29, 0.717) is 10.5 Å². The van der Waals surface area contributed by atoms with Gasteiger partial charge < -0.3 is 5.73 Å². The summed E-state index contributed by atoms with van der Waals surface area (Å²) in [5.41, 5.74) is 7.14. The fourth-order valence-electron chi connectivity index (χ4n) is 2.84. The molecule has 1 fully saturated rings. The van der Waals surface area contributed by atoms with Crippen LogP contribution in [0.2, 0.25) is 0 Å². The number of nitro benzene ring substituents is 1. The summed E-state index contributed by atoms with van der Waals surface area (Å²) in [6.45, 7) is 3.77. The monoisotopic (exact) mass is 377 g/mol. The van der Waals surface area contributed by atoms with Crippen molar-refractivity contribution in [3.8, 4) is 0 Å². The fourth-order valence-corrected chi connectivity index (χ4v) is 3.23. The van der Waals surface area contributed by atoms with E-state index >= 15 is 0 Å². The third kappa shape index (κ3) is 4.64. The molecule has 5 nitrogen and oxygen atoms in total. The van der Waals surface area contributed by atoms with Crippen LogP contribution in [0.25, 0.3) is 0 Å². The quantitative estimate of drug-likeness (QED) is 0.643. The minimum atomic E-state index is -0.354. The minimum absolute atomic E-state index is 0. The molecule has 1 aliphatic heterocycles. The Morgan fingerprint density at radius 3 is 2.86 bits per heavy atom. The molecular weight excluding hydrogens is 358 g/mol. The van der Waals surface area contributed by atoms with Crippen LogP contribution in [0.4, 0.5) is 5.69 Å². The smallest absolute Gasteiger partial charge is 0.283 e. The van der Waals surface area contributed by atoms with E-state index in [4.69, 9.17) is 5.73 Å². The number of hydrogen-bond acceptors (Lipinski definition) is 4. The molecular formula is C14H21BrClN3O2. The van der Waals surface area contributed by atoms with Crippen molar-refractivity contribution in [3.05, 3.63) is 38.3 Å². The maximum Gasteiger partial charge on any atom is 0.283 e. The van der Waals surface area contributed by atoms with Gasteiger partial charge >= 0.3 is 0 Å². The number of benzene rings is 1. The highest BCUT2D eigenvalue weighted by Gasteiger charge is 2.25. The standard InChI is InChI=1S/C14H20BrN3O2.ClH/c1-10(16)13-4-2-3-7-17(13)9-11-5-6-12(15)14(8-11)18(19)20;/h5-6,8,10,13H,2-4,7,9,16H2,1H3;1H. The van der Waals surface area contributed by atoms with E-state index in [9.17, 15) is 10.1 Å². The number of halogens is 2. The number of nitrogens with two attached hydrogens (primary N) is 1. The molecule has 118 valence electrons. The Bertz CT molecular complexity index is 499. The molecule has 1 aromatic rings. The van der Waals surface area contributed by atoms with Crippen LogP contribution in [0.1, 0.15) is 31.7 Å². The van der Waals surface area contributed by atoms with Crippen LogP contribution in [-0.4, -0.2) is 28.5 Å². The third-order valence-electron chi connectivity index (χ3n) is 3.86. The first-order valence-corrected chi connectivity index (χ1v) is 7.71. The lowest BCUT2D eigenvalue weighted by Gasteiger charge is -2.38. The minimum Gasteiger partial charge on any atom is -0.327 e. The van der Waals surface area contributed by atoms with E-state index in [2.05, 4.69) is 20.8 Å². The van der Waals surface area contributed by atoms with Gasteiger partial charge in [0.2, 0.25) is 0 Å². The van der Waals surface area contributed by atoms with E-state index < -0.39 is 0 Å². The first-order chi connectivity index (χ1) is 9.49. The molecule has 0 amide bonds. The second-order valence-electron chi connectivity index (χ2n) is 5.44. The predicted octanol–water partition coefficient (Wildman–Crippen LogP) is 3.48. The van der Waals surface area contributed by atoms with Crippen molar-refractivity contribution in [2.45, 2.75) is 44.8 Å². The zero-order chi connectivity index (χ0) is 14.7. The van der Waals surface area contributed by atoms with E-state index in [-0.39, 0.29) is 29.1 Å². The van der Waals surface area contributed by atoms with Gasteiger partial charge in [0, 0.05) is 24.7 Å². The molecule has 0 aliphatic carbocycles. The summed E-state index contributed by atoms with van der Waals surface area (Å²) in [7, 11) is 0. The molecule has 2 N–H and O–H groups in total. The van der Waals surface area contributed by atoms with E-state index in [1.54, 1.807) is 12.1 Å². The van der Waals surface area contributed by atoms with Crippen LogP contribution < -0.4 is 5.73 Å². The molecule has 2 rings (SSSR count). The van der Waals surface area contributed by atoms with Crippen molar-refractivity contribution < 1.29 is 4.92 Å². The van der Waals surface area contributed by atoms with Gasteiger partial charge in [-0.15, -0.1) is 12.4 Å².